The van der Waals surface area contributed by atoms with E-state index in [0.29, 0.717) is 21.0 Å². The second kappa shape index (κ2) is 6.25. The van der Waals surface area contributed by atoms with E-state index >= 15 is 0 Å². The normalized spacial score (nSPS) is 35.3. The van der Waals surface area contributed by atoms with Gasteiger partial charge in [0.05, 0.1) is 28.9 Å². The zero-order valence-electron chi connectivity index (χ0n) is 33.3. The molecule has 4 heteroatoms. The monoisotopic (exact) mass is 473 g/mol. The Kier molecular flexibility index (Phi) is 1.67. The van der Waals surface area contributed by atoms with Gasteiger partial charge in [0.1, 0.15) is 0 Å². The van der Waals surface area contributed by atoms with Crippen LogP contribution in [0.5, 0.6) is 0 Å². The number of thiophene rings is 1. The predicted molar refractivity (Wildman–Crippen MR) is 143 cm³/mol. The van der Waals surface area contributed by atoms with Crippen molar-refractivity contribution < 1.29 is 21.9 Å². The highest BCUT2D eigenvalue weighted by Gasteiger charge is 2.28. The highest BCUT2D eigenvalue weighted by atomic mass is 32.1. The molecular weight excluding hydrogens is 434 g/mol. The minimum absolute atomic E-state index is 0.0602. The third-order valence-electron chi connectivity index (χ3n) is 6.85. The van der Waals surface area contributed by atoms with E-state index in [1.54, 1.807) is 16.5 Å². The van der Waals surface area contributed by atoms with E-state index in [4.69, 9.17) is 21.9 Å². The minimum Gasteiger partial charge on any atom is -0.305 e. The van der Waals surface area contributed by atoms with E-state index in [9.17, 15) is 0 Å². The lowest BCUT2D eigenvalue weighted by Gasteiger charge is -2.17. The van der Waals surface area contributed by atoms with Crippen molar-refractivity contribution in [3.8, 4) is 0 Å². The summed E-state index contributed by atoms with van der Waals surface area (Å²) < 4.78 is 143. The van der Waals surface area contributed by atoms with Gasteiger partial charge in [-0.2, -0.15) is 0 Å². The van der Waals surface area contributed by atoms with Gasteiger partial charge in [-0.25, -0.2) is 0 Å². The second-order valence-electron chi connectivity index (χ2n) is 8.44. The molecule has 5 heterocycles. The SMILES string of the molecule is [2H]C1([2H])c2ncc3c(c2C([2H])([2H])C([2H])([2H])C1([2H])[2H])c1cc2c4ccccc4sc2c2c4c5c(ncc4n3c12)C([2H])([2H])C([2H])([2H])C([2H])([2H])C5([2H])[2H]. The molecule has 0 N–H and O–H groups in total. The van der Waals surface area contributed by atoms with Gasteiger partial charge in [0.15, 0.2) is 0 Å². The Morgan fingerprint density at radius 2 is 1.41 bits per heavy atom. The average molecular weight is 474 g/mol. The molecular formula is C30H23N3S. The number of aryl methyl sites for hydroxylation is 4. The van der Waals surface area contributed by atoms with Crippen molar-refractivity contribution in [2.24, 2.45) is 0 Å². The van der Waals surface area contributed by atoms with Gasteiger partial charge in [-0.05, 0) is 74.2 Å². The molecule has 0 radical (unpaired) electrons. The number of fused-ring (bicyclic) bond motifs is 14. The molecule has 34 heavy (non-hydrogen) atoms. The van der Waals surface area contributed by atoms with Crippen molar-refractivity contribution >= 4 is 69.6 Å². The number of rotatable bonds is 0. The maximum absolute atomic E-state index is 9.10. The van der Waals surface area contributed by atoms with Gasteiger partial charge in [0.2, 0.25) is 0 Å². The summed E-state index contributed by atoms with van der Waals surface area (Å²) in [5, 5.41) is 2.10. The summed E-state index contributed by atoms with van der Waals surface area (Å²) in [5.41, 5.74) is -1.53. The number of hydrogen-bond acceptors (Lipinski definition) is 3. The zero-order valence-corrected chi connectivity index (χ0v) is 18.1. The molecule has 2 aliphatic carbocycles. The maximum atomic E-state index is 9.10. The van der Waals surface area contributed by atoms with Crippen LogP contribution in [-0.2, 0) is 25.5 Å². The summed E-state index contributed by atoms with van der Waals surface area (Å²) in [6.45, 7) is 0. The van der Waals surface area contributed by atoms with Gasteiger partial charge in [0, 0.05) is 75.0 Å². The Balaban J connectivity index is 1.60. The molecule has 0 fully saturated rings. The quantitative estimate of drug-likeness (QED) is 0.225. The van der Waals surface area contributed by atoms with E-state index in [1.165, 1.54) is 23.7 Å². The third kappa shape index (κ3) is 2.06. The fourth-order valence-electron chi connectivity index (χ4n) is 5.54. The molecule has 0 saturated carbocycles. The molecule has 7 aromatic rings. The van der Waals surface area contributed by atoms with Crippen LogP contribution in [0.3, 0.4) is 0 Å². The van der Waals surface area contributed by atoms with Gasteiger partial charge in [0.25, 0.3) is 0 Å². The Morgan fingerprint density at radius 1 is 0.735 bits per heavy atom. The van der Waals surface area contributed by atoms with E-state index in [-0.39, 0.29) is 27.2 Å². The van der Waals surface area contributed by atoms with Gasteiger partial charge >= 0.3 is 0 Å². The lowest BCUT2D eigenvalue weighted by molar-refractivity contribution is 0.672. The molecule has 0 spiro atoms. The van der Waals surface area contributed by atoms with Crippen LogP contribution in [0, 0.1) is 0 Å². The molecule has 0 saturated heterocycles. The summed E-state index contributed by atoms with van der Waals surface area (Å²) in [7, 11) is 0. The van der Waals surface area contributed by atoms with Crippen LogP contribution in [0.4, 0.5) is 0 Å². The van der Waals surface area contributed by atoms with Crippen LogP contribution in [0.1, 0.15) is 69.9 Å². The fraction of sp³-hybridized carbons (Fsp3) is 0.267. The van der Waals surface area contributed by atoms with Gasteiger partial charge in [-0.15, -0.1) is 11.3 Å². The van der Waals surface area contributed by atoms with Crippen molar-refractivity contribution in [3.05, 3.63) is 65.2 Å². The van der Waals surface area contributed by atoms with Crippen molar-refractivity contribution in [2.75, 3.05) is 0 Å². The number of aromatic nitrogens is 3. The Bertz CT molecular complexity index is 2690. The first kappa shape index (κ1) is 9.09. The molecule has 0 amide bonds. The number of hydrogen-bond donors (Lipinski definition) is 0. The van der Waals surface area contributed by atoms with Crippen LogP contribution in [-0.4, -0.2) is 14.4 Å². The molecule has 0 bridgehead atoms. The van der Waals surface area contributed by atoms with Crippen LogP contribution < -0.4 is 0 Å². The topological polar surface area (TPSA) is 30.2 Å². The minimum atomic E-state index is -3.38. The van der Waals surface area contributed by atoms with Crippen molar-refractivity contribution in [2.45, 2.75) is 51.0 Å². The second-order valence-corrected chi connectivity index (χ2v) is 9.49. The number of pyridine rings is 2. The van der Waals surface area contributed by atoms with Crippen LogP contribution in [0.15, 0.2) is 42.7 Å². The lowest BCUT2D eigenvalue weighted by Crippen LogP contribution is -2.06. The largest absolute Gasteiger partial charge is 0.305 e. The number of nitrogens with zero attached hydrogens (tertiary/aromatic N) is 3. The molecule has 5 aromatic heterocycles. The van der Waals surface area contributed by atoms with Gasteiger partial charge < -0.3 is 4.40 Å². The smallest absolute Gasteiger partial charge is 0.0729 e. The molecule has 0 unspecified atom stereocenters. The average Bonchev–Trinajstić information content (AvgIpc) is 3.68. The van der Waals surface area contributed by atoms with E-state index < -0.39 is 73.5 Å². The predicted octanol–water partition coefficient (Wildman–Crippen LogP) is 7.75. The summed E-state index contributed by atoms with van der Waals surface area (Å²) in [6.07, 6.45) is -23.4. The maximum Gasteiger partial charge on any atom is 0.0729 e. The summed E-state index contributed by atoms with van der Waals surface area (Å²) in [4.78, 5) is 8.50. The molecule has 9 rings (SSSR count). The fourth-order valence-corrected chi connectivity index (χ4v) is 6.78. The van der Waals surface area contributed by atoms with Crippen molar-refractivity contribution in [1.82, 2.24) is 14.4 Å². The summed E-state index contributed by atoms with van der Waals surface area (Å²) >= 11 is 1.34. The molecule has 0 atom stereocenters. The first-order chi connectivity index (χ1) is 22.9. The Morgan fingerprint density at radius 3 is 2.21 bits per heavy atom. The van der Waals surface area contributed by atoms with E-state index in [0.717, 1.165) is 10.1 Å². The molecule has 164 valence electrons. The summed E-state index contributed by atoms with van der Waals surface area (Å²) in [6, 6.07) is 9.08. The number of benzene rings is 2. The molecule has 0 aliphatic heterocycles. The summed E-state index contributed by atoms with van der Waals surface area (Å²) in [5.74, 6) is 0. The Hall–Kier alpha value is -3.24. The van der Waals surface area contributed by atoms with Crippen molar-refractivity contribution in [3.63, 3.8) is 0 Å². The molecule has 2 aliphatic rings. The first-order valence-electron chi connectivity index (χ1n) is 18.8. The van der Waals surface area contributed by atoms with Crippen LogP contribution in [0.2, 0.25) is 0 Å². The third-order valence-corrected chi connectivity index (χ3v) is 8.05. The zero-order chi connectivity index (χ0) is 36.3. The first-order valence-corrected chi connectivity index (χ1v) is 11.6. The lowest BCUT2D eigenvalue weighted by atomic mass is 9.90. The molecule has 2 aromatic carbocycles. The van der Waals surface area contributed by atoms with Crippen LogP contribution in [0.25, 0.3) is 58.3 Å². The van der Waals surface area contributed by atoms with E-state index in [1.807, 2.05) is 18.2 Å². The van der Waals surface area contributed by atoms with E-state index in [2.05, 4.69) is 9.97 Å². The van der Waals surface area contributed by atoms with Gasteiger partial charge in [-0.3, -0.25) is 9.97 Å². The highest BCUT2D eigenvalue weighted by molar-refractivity contribution is 7.26. The Labute approximate surface area is 222 Å². The van der Waals surface area contributed by atoms with Crippen LogP contribution >= 0.6 is 11.3 Å². The molecule has 3 nitrogen and oxygen atoms in total. The van der Waals surface area contributed by atoms with Crippen molar-refractivity contribution in [1.29, 1.82) is 0 Å². The van der Waals surface area contributed by atoms with Gasteiger partial charge in [-0.1, -0.05) is 18.2 Å². The standard InChI is InChI=1S/C30H23N3S/c1-4-10-21-17(8-1)26-20-13-19-16-7-3-6-12-25(16)34-30(19)28-27-18-9-2-5-11-22(18)32-15-24(27)33(29(20)28)23(26)14-31-21/h3,6-7,12-15H,1-2,4-5,8-11H2/i1D2,2D2,4D2,5D2,8D2,9D2,10D2,11D2. The highest BCUT2D eigenvalue weighted by Crippen LogP contribution is 2.49.